The third kappa shape index (κ3) is 1.47. The molecule has 3 aromatic rings. The lowest BCUT2D eigenvalue weighted by atomic mass is 9.92. The predicted octanol–water partition coefficient (Wildman–Crippen LogP) is 4.72. The van der Waals surface area contributed by atoms with E-state index < -0.39 is 0 Å². The third-order valence-electron chi connectivity index (χ3n) is 3.55. The van der Waals surface area contributed by atoms with Crippen molar-refractivity contribution in [3.63, 3.8) is 0 Å². The van der Waals surface area contributed by atoms with Crippen LogP contribution in [0.2, 0.25) is 0 Å². The summed E-state index contributed by atoms with van der Waals surface area (Å²) in [5, 5.41) is 4.94. The van der Waals surface area contributed by atoms with Crippen LogP contribution in [0.15, 0.2) is 48.5 Å². The highest BCUT2D eigenvalue weighted by molar-refractivity contribution is 6.05. The molecule has 86 valence electrons. The first kappa shape index (κ1) is 10.8. The van der Waals surface area contributed by atoms with Gasteiger partial charge in [0.2, 0.25) is 6.54 Å². The molecule has 1 nitrogen and oxygen atoms in total. The first-order valence-corrected chi connectivity index (χ1v) is 6.05. The highest BCUT2D eigenvalue weighted by Crippen LogP contribution is 2.32. The van der Waals surface area contributed by atoms with Crippen LogP contribution in [0.5, 0.6) is 0 Å². The normalized spacial score (nSPS) is 10.7. The van der Waals surface area contributed by atoms with Gasteiger partial charge >= 0.3 is 0 Å². The molecular weight excluding hydrogens is 218 g/mol. The van der Waals surface area contributed by atoms with E-state index in [4.69, 9.17) is 6.57 Å². The Hall–Kier alpha value is -2.33. The predicted molar refractivity (Wildman–Crippen MR) is 76.5 cm³/mol. The lowest BCUT2D eigenvalue weighted by Gasteiger charge is -2.11. The van der Waals surface area contributed by atoms with Gasteiger partial charge in [0.15, 0.2) is 0 Å². The molecule has 0 atom stereocenters. The van der Waals surface area contributed by atoms with E-state index >= 15 is 0 Å². The molecule has 0 spiro atoms. The van der Waals surface area contributed by atoms with Crippen LogP contribution in [0.25, 0.3) is 26.4 Å². The fourth-order valence-corrected chi connectivity index (χ4v) is 2.69. The van der Waals surface area contributed by atoms with Gasteiger partial charge in [0, 0.05) is 5.56 Å². The number of nitrogens with zero attached hydrogens (tertiary/aromatic N) is 1. The number of fused-ring (bicyclic) bond motifs is 2. The van der Waals surface area contributed by atoms with Gasteiger partial charge in [-0.2, -0.15) is 0 Å². The maximum Gasteiger partial charge on any atom is 0.240 e. The molecule has 0 aliphatic carbocycles. The first-order chi connectivity index (χ1) is 8.83. The minimum Gasteiger partial charge on any atom is -0.312 e. The molecule has 3 rings (SSSR count). The Bertz CT molecular complexity index is 722. The van der Waals surface area contributed by atoms with Gasteiger partial charge in [0.05, 0.1) is 0 Å². The van der Waals surface area contributed by atoms with E-state index in [1.807, 2.05) is 12.1 Å². The fraction of sp³-hybridized carbons (Fsp3) is 0.118. The van der Waals surface area contributed by atoms with Gasteiger partial charge in [-0.15, -0.1) is 0 Å². The Balaban J connectivity index is 2.59. The lowest BCUT2D eigenvalue weighted by Crippen LogP contribution is -1.90. The van der Waals surface area contributed by atoms with E-state index in [1.54, 1.807) is 0 Å². The van der Waals surface area contributed by atoms with Crippen LogP contribution in [0.4, 0.5) is 0 Å². The van der Waals surface area contributed by atoms with Crippen LogP contribution in [0.1, 0.15) is 11.1 Å². The Morgan fingerprint density at radius 2 is 1.28 bits per heavy atom. The van der Waals surface area contributed by atoms with Gasteiger partial charge in [0.25, 0.3) is 0 Å². The highest BCUT2D eigenvalue weighted by Gasteiger charge is 2.11. The summed E-state index contributed by atoms with van der Waals surface area (Å²) in [7, 11) is 0. The molecular formula is C17H13N. The van der Waals surface area contributed by atoms with E-state index in [2.05, 4.69) is 48.2 Å². The van der Waals surface area contributed by atoms with Crippen molar-refractivity contribution < 1.29 is 0 Å². The van der Waals surface area contributed by atoms with Crippen LogP contribution >= 0.6 is 0 Å². The molecule has 0 saturated carbocycles. The molecule has 3 aromatic carbocycles. The molecule has 0 amide bonds. The van der Waals surface area contributed by atoms with E-state index in [0.29, 0.717) is 6.54 Å². The summed E-state index contributed by atoms with van der Waals surface area (Å²) in [4.78, 5) is 3.59. The maximum atomic E-state index is 7.17. The zero-order valence-corrected chi connectivity index (χ0v) is 10.3. The molecule has 18 heavy (non-hydrogen) atoms. The average molecular weight is 231 g/mol. The van der Waals surface area contributed by atoms with E-state index in [1.165, 1.54) is 27.1 Å². The summed E-state index contributed by atoms with van der Waals surface area (Å²) in [5.41, 5.74) is 2.46. The van der Waals surface area contributed by atoms with Crippen molar-refractivity contribution in [2.45, 2.75) is 13.5 Å². The van der Waals surface area contributed by atoms with Crippen molar-refractivity contribution in [2.75, 3.05) is 0 Å². The summed E-state index contributed by atoms with van der Waals surface area (Å²) in [5.74, 6) is 0. The van der Waals surface area contributed by atoms with Crippen molar-refractivity contribution in [3.05, 3.63) is 71.1 Å². The molecule has 0 saturated heterocycles. The Labute approximate surface area is 106 Å². The van der Waals surface area contributed by atoms with Crippen molar-refractivity contribution in [1.82, 2.24) is 0 Å². The van der Waals surface area contributed by atoms with Gasteiger partial charge in [-0.1, -0.05) is 48.5 Å². The largest absolute Gasteiger partial charge is 0.312 e. The molecule has 0 fully saturated rings. The Morgan fingerprint density at radius 3 is 1.72 bits per heavy atom. The zero-order valence-electron chi connectivity index (χ0n) is 10.3. The van der Waals surface area contributed by atoms with Crippen molar-refractivity contribution >= 4 is 21.5 Å². The summed E-state index contributed by atoms with van der Waals surface area (Å²) >= 11 is 0. The second kappa shape index (κ2) is 4.16. The summed E-state index contributed by atoms with van der Waals surface area (Å²) in [6.07, 6.45) is 0. The van der Waals surface area contributed by atoms with Crippen LogP contribution in [-0.4, -0.2) is 0 Å². The second-order valence-electron chi connectivity index (χ2n) is 4.51. The number of rotatable bonds is 1. The second-order valence-corrected chi connectivity index (χ2v) is 4.51. The zero-order chi connectivity index (χ0) is 12.5. The number of benzene rings is 3. The molecule has 0 aliphatic heterocycles. The van der Waals surface area contributed by atoms with Crippen LogP contribution in [0, 0.1) is 13.5 Å². The van der Waals surface area contributed by atoms with Gasteiger partial charge in [-0.3, -0.25) is 0 Å². The van der Waals surface area contributed by atoms with Gasteiger partial charge in [-0.05, 0) is 34.0 Å². The molecule has 0 aliphatic rings. The van der Waals surface area contributed by atoms with Gasteiger partial charge < -0.3 is 4.85 Å². The molecule has 0 N–H and O–H groups in total. The lowest BCUT2D eigenvalue weighted by molar-refractivity contribution is 1.32. The SMILES string of the molecule is [C-]#[N+]Cc1c2ccccc2c(C)c2ccccc12. The molecule has 0 aromatic heterocycles. The van der Waals surface area contributed by atoms with E-state index in [0.717, 1.165) is 5.56 Å². The fourth-order valence-electron chi connectivity index (χ4n) is 2.69. The quantitative estimate of drug-likeness (QED) is 0.421. The number of hydrogen-bond acceptors (Lipinski definition) is 0. The first-order valence-electron chi connectivity index (χ1n) is 6.05. The molecule has 0 unspecified atom stereocenters. The molecule has 0 bridgehead atoms. The summed E-state index contributed by atoms with van der Waals surface area (Å²) in [6, 6.07) is 16.7. The smallest absolute Gasteiger partial charge is 0.240 e. The summed E-state index contributed by atoms with van der Waals surface area (Å²) in [6.45, 7) is 9.77. The van der Waals surface area contributed by atoms with Crippen LogP contribution in [0.3, 0.4) is 0 Å². The van der Waals surface area contributed by atoms with Gasteiger partial charge in [0.1, 0.15) is 0 Å². The van der Waals surface area contributed by atoms with Crippen molar-refractivity contribution in [3.8, 4) is 0 Å². The van der Waals surface area contributed by atoms with E-state index in [9.17, 15) is 0 Å². The van der Waals surface area contributed by atoms with Gasteiger partial charge in [-0.25, -0.2) is 6.57 Å². The maximum absolute atomic E-state index is 7.17. The standard InChI is InChI=1S/C17H13N/c1-12-13-7-3-5-9-15(13)17(11-18-2)16-10-6-4-8-14(12)16/h3-10H,11H2,1H3. The Kier molecular flexibility index (Phi) is 2.50. The highest BCUT2D eigenvalue weighted by atomic mass is 14.6. The van der Waals surface area contributed by atoms with Crippen molar-refractivity contribution in [1.29, 1.82) is 0 Å². The van der Waals surface area contributed by atoms with Crippen LogP contribution < -0.4 is 0 Å². The van der Waals surface area contributed by atoms with Crippen molar-refractivity contribution in [2.24, 2.45) is 0 Å². The Morgan fingerprint density at radius 1 is 0.833 bits per heavy atom. The average Bonchev–Trinajstić information content (AvgIpc) is 2.43. The molecule has 1 heteroatoms. The minimum atomic E-state index is 0.446. The topological polar surface area (TPSA) is 4.36 Å². The number of aryl methyl sites for hydroxylation is 1. The monoisotopic (exact) mass is 231 g/mol. The molecule has 0 radical (unpaired) electrons. The number of hydrogen-bond donors (Lipinski definition) is 0. The van der Waals surface area contributed by atoms with Crippen LogP contribution in [-0.2, 0) is 6.54 Å². The van der Waals surface area contributed by atoms with E-state index in [-0.39, 0.29) is 0 Å². The minimum absolute atomic E-state index is 0.446. The third-order valence-corrected chi connectivity index (χ3v) is 3.55. The summed E-state index contributed by atoms with van der Waals surface area (Å²) < 4.78 is 0. The molecule has 0 heterocycles.